The van der Waals surface area contributed by atoms with Crippen LogP contribution in [0.5, 0.6) is 0 Å². The van der Waals surface area contributed by atoms with Crippen LogP contribution in [0.1, 0.15) is 11.1 Å². The van der Waals surface area contributed by atoms with Gasteiger partial charge in [-0.2, -0.15) is 0 Å². The lowest BCUT2D eigenvalue weighted by Gasteiger charge is -2.15. The molecule has 0 aliphatic carbocycles. The summed E-state index contributed by atoms with van der Waals surface area (Å²) < 4.78 is 0. The molecule has 0 amide bonds. The van der Waals surface area contributed by atoms with Gasteiger partial charge < -0.3 is 4.98 Å². The van der Waals surface area contributed by atoms with E-state index in [0.717, 1.165) is 13.1 Å². The number of hydrogen-bond donors (Lipinski definition) is 1. The first kappa shape index (κ1) is 11.9. The second kappa shape index (κ2) is 5.24. The summed E-state index contributed by atoms with van der Waals surface area (Å²) in [4.78, 5) is 9.77. The molecule has 2 heterocycles. The van der Waals surface area contributed by atoms with Gasteiger partial charge in [-0.25, -0.2) is 0 Å². The Bertz CT molecular complexity index is 658. The molecule has 3 heteroatoms. The Hall–Kier alpha value is -2.13. The van der Waals surface area contributed by atoms with Gasteiger partial charge in [0.1, 0.15) is 0 Å². The van der Waals surface area contributed by atoms with E-state index >= 15 is 0 Å². The van der Waals surface area contributed by atoms with Crippen LogP contribution in [-0.4, -0.2) is 21.9 Å². The summed E-state index contributed by atoms with van der Waals surface area (Å²) in [7, 11) is 2.13. The van der Waals surface area contributed by atoms with Gasteiger partial charge in [0.25, 0.3) is 0 Å². The highest BCUT2D eigenvalue weighted by Crippen LogP contribution is 2.19. The second-order valence-electron chi connectivity index (χ2n) is 4.89. The quantitative estimate of drug-likeness (QED) is 0.772. The molecule has 0 radical (unpaired) electrons. The fraction of sp³-hybridized carbons (Fsp3) is 0.188. The molecule has 0 spiro atoms. The molecule has 3 rings (SSSR count). The molecule has 0 saturated heterocycles. The number of aromatic nitrogens is 2. The van der Waals surface area contributed by atoms with Crippen molar-refractivity contribution in [1.29, 1.82) is 0 Å². The normalized spacial score (nSPS) is 11.3. The lowest BCUT2D eigenvalue weighted by Crippen LogP contribution is -2.17. The molecular weight excluding hydrogens is 234 g/mol. The zero-order valence-electron chi connectivity index (χ0n) is 11.0. The van der Waals surface area contributed by atoms with Gasteiger partial charge in [-0.3, -0.25) is 9.88 Å². The molecule has 0 bridgehead atoms. The highest BCUT2D eigenvalue weighted by Gasteiger charge is 2.06. The largest absolute Gasteiger partial charge is 0.361 e. The van der Waals surface area contributed by atoms with Crippen LogP contribution in [-0.2, 0) is 13.1 Å². The molecule has 19 heavy (non-hydrogen) atoms. The zero-order chi connectivity index (χ0) is 13.1. The predicted molar refractivity (Wildman–Crippen MR) is 77.7 cm³/mol. The number of benzene rings is 1. The summed E-state index contributed by atoms with van der Waals surface area (Å²) in [6, 6.07) is 12.5. The standard InChI is InChI=1S/C16H17N3/c1-19(11-13-5-4-8-17-9-13)12-14-10-18-16-7-3-2-6-15(14)16/h2-10,18H,11-12H2,1H3. The van der Waals surface area contributed by atoms with Crippen LogP contribution in [0.15, 0.2) is 55.0 Å². The molecule has 0 atom stereocenters. The van der Waals surface area contributed by atoms with E-state index in [4.69, 9.17) is 0 Å². The number of nitrogens with zero attached hydrogens (tertiary/aromatic N) is 2. The Labute approximate surface area is 112 Å². The predicted octanol–water partition coefficient (Wildman–Crippen LogP) is 3.19. The van der Waals surface area contributed by atoms with Crippen LogP contribution in [0.4, 0.5) is 0 Å². The summed E-state index contributed by atoms with van der Waals surface area (Å²) in [5.74, 6) is 0. The van der Waals surface area contributed by atoms with Gasteiger partial charge in [0.05, 0.1) is 0 Å². The van der Waals surface area contributed by atoms with E-state index in [1.807, 2.05) is 18.5 Å². The first-order valence-corrected chi connectivity index (χ1v) is 6.45. The molecule has 96 valence electrons. The second-order valence-corrected chi connectivity index (χ2v) is 4.89. The van der Waals surface area contributed by atoms with Gasteiger partial charge >= 0.3 is 0 Å². The minimum Gasteiger partial charge on any atom is -0.361 e. The highest BCUT2D eigenvalue weighted by molar-refractivity contribution is 5.82. The average molecular weight is 251 g/mol. The molecule has 2 aromatic heterocycles. The first-order chi connectivity index (χ1) is 9.33. The van der Waals surface area contributed by atoms with E-state index in [1.165, 1.54) is 22.0 Å². The lowest BCUT2D eigenvalue weighted by atomic mass is 10.1. The van der Waals surface area contributed by atoms with Gasteiger partial charge in [-0.1, -0.05) is 24.3 Å². The van der Waals surface area contributed by atoms with Crippen molar-refractivity contribution >= 4 is 10.9 Å². The van der Waals surface area contributed by atoms with Crippen LogP contribution in [0.3, 0.4) is 0 Å². The molecule has 3 aromatic rings. The number of para-hydroxylation sites is 1. The Morgan fingerprint density at radius 3 is 2.84 bits per heavy atom. The molecular formula is C16H17N3. The zero-order valence-corrected chi connectivity index (χ0v) is 11.0. The number of fused-ring (bicyclic) bond motifs is 1. The summed E-state index contributed by atoms with van der Waals surface area (Å²) in [5.41, 5.74) is 3.78. The van der Waals surface area contributed by atoms with Crippen LogP contribution >= 0.6 is 0 Å². The Morgan fingerprint density at radius 1 is 1.11 bits per heavy atom. The maximum absolute atomic E-state index is 4.15. The number of aromatic amines is 1. The monoisotopic (exact) mass is 251 g/mol. The van der Waals surface area contributed by atoms with Crippen molar-refractivity contribution in [3.63, 3.8) is 0 Å². The molecule has 1 N–H and O–H groups in total. The van der Waals surface area contributed by atoms with E-state index in [9.17, 15) is 0 Å². The Balaban J connectivity index is 1.74. The smallest absolute Gasteiger partial charge is 0.0457 e. The minimum absolute atomic E-state index is 0.910. The Kier molecular flexibility index (Phi) is 3.29. The maximum atomic E-state index is 4.15. The van der Waals surface area contributed by atoms with E-state index in [2.05, 4.69) is 58.4 Å². The van der Waals surface area contributed by atoms with Crippen molar-refractivity contribution in [2.75, 3.05) is 7.05 Å². The van der Waals surface area contributed by atoms with Crippen molar-refractivity contribution in [2.45, 2.75) is 13.1 Å². The molecule has 0 saturated carbocycles. The van der Waals surface area contributed by atoms with Crippen LogP contribution in [0.2, 0.25) is 0 Å². The third kappa shape index (κ3) is 2.66. The average Bonchev–Trinajstić information content (AvgIpc) is 2.83. The van der Waals surface area contributed by atoms with Crippen molar-refractivity contribution in [1.82, 2.24) is 14.9 Å². The summed E-state index contributed by atoms with van der Waals surface area (Å²) in [6.45, 7) is 1.84. The summed E-state index contributed by atoms with van der Waals surface area (Å²) >= 11 is 0. The van der Waals surface area contributed by atoms with Crippen molar-refractivity contribution in [3.05, 3.63) is 66.1 Å². The summed E-state index contributed by atoms with van der Waals surface area (Å²) in [6.07, 6.45) is 5.83. The van der Waals surface area contributed by atoms with E-state index in [-0.39, 0.29) is 0 Å². The van der Waals surface area contributed by atoms with Crippen molar-refractivity contribution in [2.24, 2.45) is 0 Å². The third-order valence-corrected chi connectivity index (χ3v) is 3.29. The number of hydrogen-bond acceptors (Lipinski definition) is 2. The number of pyridine rings is 1. The number of H-pyrrole nitrogens is 1. The SMILES string of the molecule is CN(Cc1cccnc1)Cc1c[nH]c2ccccc12. The van der Waals surface area contributed by atoms with E-state index in [1.54, 1.807) is 0 Å². The molecule has 0 aliphatic rings. The molecule has 0 aliphatic heterocycles. The number of nitrogens with one attached hydrogen (secondary N) is 1. The van der Waals surface area contributed by atoms with Crippen LogP contribution in [0, 0.1) is 0 Å². The van der Waals surface area contributed by atoms with Crippen molar-refractivity contribution in [3.8, 4) is 0 Å². The summed E-state index contributed by atoms with van der Waals surface area (Å²) in [5, 5.41) is 1.31. The minimum atomic E-state index is 0.910. The van der Waals surface area contributed by atoms with Gasteiger partial charge in [0, 0.05) is 42.6 Å². The highest BCUT2D eigenvalue weighted by atomic mass is 15.1. The topological polar surface area (TPSA) is 31.9 Å². The van der Waals surface area contributed by atoms with Crippen molar-refractivity contribution < 1.29 is 0 Å². The van der Waals surface area contributed by atoms with Crippen LogP contribution < -0.4 is 0 Å². The third-order valence-electron chi connectivity index (χ3n) is 3.29. The fourth-order valence-electron chi connectivity index (χ4n) is 2.41. The maximum Gasteiger partial charge on any atom is 0.0457 e. The molecule has 0 unspecified atom stereocenters. The first-order valence-electron chi connectivity index (χ1n) is 6.45. The van der Waals surface area contributed by atoms with Gasteiger partial charge in [0.2, 0.25) is 0 Å². The molecule has 0 fully saturated rings. The number of rotatable bonds is 4. The van der Waals surface area contributed by atoms with E-state index < -0.39 is 0 Å². The van der Waals surface area contributed by atoms with Gasteiger partial charge in [-0.05, 0) is 30.3 Å². The fourth-order valence-corrected chi connectivity index (χ4v) is 2.41. The van der Waals surface area contributed by atoms with Gasteiger partial charge in [0.15, 0.2) is 0 Å². The Morgan fingerprint density at radius 2 is 2.00 bits per heavy atom. The molecule has 1 aromatic carbocycles. The van der Waals surface area contributed by atoms with Crippen LogP contribution in [0.25, 0.3) is 10.9 Å². The lowest BCUT2D eigenvalue weighted by molar-refractivity contribution is 0.320. The van der Waals surface area contributed by atoms with Gasteiger partial charge in [-0.15, -0.1) is 0 Å². The molecule has 3 nitrogen and oxygen atoms in total. The van der Waals surface area contributed by atoms with E-state index in [0.29, 0.717) is 0 Å².